The van der Waals surface area contributed by atoms with Crippen LogP contribution in [0.3, 0.4) is 0 Å². The normalized spacial score (nSPS) is 18.4. The highest BCUT2D eigenvalue weighted by Crippen LogP contribution is 2.37. The van der Waals surface area contributed by atoms with Crippen molar-refractivity contribution in [2.45, 2.75) is 39.5 Å². The molecule has 0 bridgehead atoms. The molecule has 4 heteroatoms. The molecule has 3 rings (SSSR count). The lowest BCUT2D eigenvalue weighted by Gasteiger charge is -2.19. The summed E-state index contributed by atoms with van der Waals surface area (Å²) in [5.74, 6) is -0.0423. The molecule has 0 radical (unpaired) electrons. The zero-order valence-electron chi connectivity index (χ0n) is 16.1. The molecule has 2 N–H and O–H groups in total. The lowest BCUT2D eigenvalue weighted by molar-refractivity contribution is -0.115. The van der Waals surface area contributed by atoms with Crippen molar-refractivity contribution in [3.8, 4) is 10.4 Å². The Labute approximate surface area is 160 Å². The lowest BCUT2D eigenvalue weighted by atomic mass is 9.86. The molecule has 1 amide bonds. The third-order valence-corrected chi connectivity index (χ3v) is 6.36. The van der Waals surface area contributed by atoms with Gasteiger partial charge in [-0.1, -0.05) is 51.1 Å². The van der Waals surface area contributed by atoms with Crippen molar-refractivity contribution in [1.29, 1.82) is 0 Å². The van der Waals surface area contributed by atoms with Gasteiger partial charge in [-0.3, -0.25) is 4.79 Å². The molecule has 1 aliphatic heterocycles. The zero-order chi connectivity index (χ0) is 18.9. The third kappa shape index (κ3) is 3.85. The van der Waals surface area contributed by atoms with Gasteiger partial charge in [0.2, 0.25) is 5.91 Å². The van der Waals surface area contributed by atoms with Crippen molar-refractivity contribution in [3.63, 3.8) is 0 Å². The molecule has 1 saturated heterocycles. The van der Waals surface area contributed by atoms with Gasteiger partial charge in [-0.15, -0.1) is 11.3 Å². The SMILES string of the molecule is C/C=C(\C(N)=O)C1CCN(c2ccc(-c3ccc(C(C)(C)C)cc3)s2)C1. The molecular weight excluding hydrogens is 340 g/mol. The average Bonchev–Trinajstić information content (AvgIpc) is 3.24. The molecule has 26 heavy (non-hydrogen) atoms. The minimum Gasteiger partial charge on any atom is -0.366 e. The van der Waals surface area contributed by atoms with Crippen LogP contribution in [-0.4, -0.2) is 19.0 Å². The molecule has 1 atom stereocenters. The number of anilines is 1. The molecule has 1 aromatic carbocycles. The Morgan fingerprint density at radius 2 is 1.88 bits per heavy atom. The molecule has 1 aromatic heterocycles. The van der Waals surface area contributed by atoms with E-state index in [0.717, 1.165) is 25.1 Å². The van der Waals surface area contributed by atoms with Gasteiger partial charge in [-0.2, -0.15) is 0 Å². The number of hydrogen-bond acceptors (Lipinski definition) is 3. The van der Waals surface area contributed by atoms with Crippen molar-refractivity contribution in [1.82, 2.24) is 0 Å². The number of benzene rings is 1. The molecule has 2 aromatic rings. The standard InChI is InChI=1S/C22H28N2OS/c1-5-18(21(23)25)16-12-13-24(14-16)20-11-10-19(26-20)15-6-8-17(9-7-15)22(2,3)4/h5-11,16H,12-14H2,1-4H3,(H2,23,25)/b18-5-. The second kappa shape index (κ2) is 7.28. The molecular formula is C22H28N2OS. The van der Waals surface area contributed by atoms with Gasteiger partial charge in [-0.25, -0.2) is 0 Å². The monoisotopic (exact) mass is 368 g/mol. The highest BCUT2D eigenvalue weighted by Gasteiger charge is 2.28. The van der Waals surface area contributed by atoms with E-state index in [1.807, 2.05) is 24.3 Å². The molecule has 138 valence electrons. The second-order valence-corrected chi connectivity index (χ2v) is 9.07. The smallest absolute Gasteiger partial charge is 0.244 e. The first-order chi connectivity index (χ1) is 12.3. The molecule has 1 unspecified atom stereocenters. The highest BCUT2D eigenvalue weighted by molar-refractivity contribution is 7.19. The Hall–Kier alpha value is -2.07. The molecule has 0 aliphatic carbocycles. The number of primary amides is 1. The third-order valence-electron chi connectivity index (χ3n) is 5.16. The number of carbonyl (C=O) groups is 1. The number of rotatable bonds is 4. The van der Waals surface area contributed by atoms with Crippen LogP contribution >= 0.6 is 11.3 Å². The maximum atomic E-state index is 11.6. The predicted molar refractivity (Wildman–Crippen MR) is 112 cm³/mol. The van der Waals surface area contributed by atoms with E-state index < -0.39 is 0 Å². The van der Waals surface area contributed by atoms with E-state index in [4.69, 9.17) is 5.73 Å². The van der Waals surface area contributed by atoms with Crippen LogP contribution in [0.2, 0.25) is 0 Å². The summed E-state index contributed by atoms with van der Waals surface area (Å²) in [6.45, 7) is 10.4. The first-order valence-electron chi connectivity index (χ1n) is 9.21. The van der Waals surface area contributed by atoms with E-state index >= 15 is 0 Å². The first-order valence-corrected chi connectivity index (χ1v) is 10.0. The van der Waals surface area contributed by atoms with Gasteiger partial charge >= 0.3 is 0 Å². The summed E-state index contributed by atoms with van der Waals surface area (Å²) in [6, 6.07) is 13.3. The Balaban J connectivity index is 1.74. The number of nitrogens with zero attached hydrogens (tertiary/aromatic N) is 1. The molecule has 1 aliphatic rings. The topological polar surface area (TPSA) is 46.3 Å². The number of thiophene rings is 1. The van der Waals surface area contributed by atoms with Crippen LogP contribution in [0.4, 0.5) is 5.00 Å². The zero-order valence-corrected chi connectivity index (χ0v) is 16.9. The van der Waals surface area contributed by atoms with Gasteiger partial charge in [0, 0.05) is 29.5 Å². The fourth-order valence-corrected chi connectivity index (χ4v) is 4.63. The fraction of sp³-hybridized carbons (Fsp3) is 0.409. The molecule has 1 fully saturated rings. The van der Waals surface area contributed by atoms with Crippen LogP contribution in [0.1, 0.15) is 39.7 Å². The van der Waals surface area contributed by atoms with Gasteiger partial charge in [0.05, 0.1) is 5.00 Å². The summed E-state index contributed by atoms with van der Waals surface area (Å²) in [5, 5.41) is 1.27. The van der Waals surface area contributed by atoms with E-state index in [1.54, 1.807) is 0 Å². The van der Waals surface area contributed by atoms with Crippen LogP contribution in [0.5, 0.6) is 0 Å². The number of hydrogen-bond donors (Lipinski definition) is 1. The molecule has 0 saturated carbocycles. The quantitative estimate of drug-likeness (QED) is 0.775. The summed E-state index contributed by atoms with van der Waals surface area (Å²) in [7, 11) is 0. The summed E-state index contributed by atoms with van der Waals surface area (Å²) in [5.41, 5.74) is 9.06. The second-order valence-electron chi connectivity index (χ2n) is 8.01. The summed E-state index contributed by atoms with van der Waals surface area (Å²) >= 11 is 1.82. The van der Waals surface area contributed by atoms with Gasteiger partial charge in [0.25, 0.3) is 0 Å². The Morgan fingerprint density at radius 1 is 1.19 bits per heavy atom. The minimum atomic E-state index is -0.287. The van der Waals surface area contributed by atoms with Gasteiger partial charge < -0.3 is 10.6 Å². The molecule has 2 heterocycles. The molecule has 0 spiro atoms. The van der Waals surface area contributed by atoms with Gasteiger partial charge in [-0.05, 0) is 42.0 Å². The average molecular weight is 369 g/mol. The van der Waals surface area contributed by atoms with Crippen molar-refractivity contribution >= 4 is 22.2 Å². The van der Waals surface area contributed by atoms with Crippen LogP contribution < -0.4 is 10.6 Å². The van der Waals surface area contributed by atoms with Crippen molar-refractivity contribution in [2.24, 2.45) is 11.7 Å². The Bertz CT molecular complexity index is 811. The van der Waals surface area contributed by atoms with E-state index in [-0.39, 0.29) is 17.2 Å². The van der Waals surface area contributed by atoms with E-state index in [1.165, 1.54) is 21.0 Å². The maximum absolute atomic E-state index is 11.6. The summed E-state index contributed by atoms with van der Waals surface area (Å²) < 4.78 is 0. The summed E-state index contributed by atoms with van der Waals surface area (Å²) in [6.07, 6.45) is 2.85. The van der Waals surface area contributed by atoms with E-state index in [2.05, 4.69) is 62.1 Å². The van der Waals surface area contributed by atoms with Crippen LogP contribution in [0.25, 0.3) is 10.4 Å². The maximum Gasteiger partial charge on any atom is 0.244 e. The Morgan fingerprint density at radius 3 is 2.46 bits per heavy atom. The fourth-order valence-electron chi connectivity index (χ4n) is 3.58. The molecule has 3 nitrogen and oxygen atoms in total. The number of amides is 1. The highest BCUT2D eigenvalue weighted by atomic mass is 32.1. The predicted octanol–water partition coefficient (Wildman–Crippen LogP) is 4.97. The minimum absolute atomic E-state index is 0.175. The number of allylic oxidation sites excluding steroid dienone is 1. The van der Waals surface area contributed by atoms with Crippen LogP contribution in [0.15, 0.2) is 48.0 Å². The lowest BCUT2D eigenvalue weighted by Crippen LogP contribution is -2.24. The largest absolute Gasteiger partial charge is 0.366 e. The van der Waals surface area contributed by atoms with Crippen LogP contribution in [0, 0.1) is 5.92 Å². The number of carbonyl (C=O) groups excluding carboxylic acids is 1. The van der Waals surface area contributed by atoms with Gasteiger partial charge in [0.15, 0.2) is 0 Å². The van der Waals surface area contributed by atoms with E-state index in [9.17, 15) is 4.79 Å². The Kier molecular flexibility index (Phi) is 5.24. The van der Waals surface area contributed by atoms with Crippen molar-refractivity contribution in [3.05, 3.63) is 53.6 Å². The first kappa shape index (κ1) is 18.7. The van der Waals surface area contributed by atoms with E-state index in [0.29, 0.717) is 0 Å². The van der Waals surface area contributed by atoms with Crippen molar-refractivity contribution in [2.75, 3.05) is 18.0 Å². The van der Waals surface area contributed by atoms with Crippen molar-refractivity contribution < 1.29 is 4.79 Å². The summed E-state index contributed by atoms with van der Waals surface area (Å²) in [4.78, 5) is 15.2. The van der Waals surface area contributed by atoms with Gasteiger partial charge in [0.1, 0.15) is 0 Å². The number of nitrogens with two attached hydrogens (primary N) is 1. The van der Waals surface area contributed by atoms with Crippen LogP contribution in [-0.2, 0) is 10.2 Å².